The molecule has 1 aromatic carbocycles. The maximum Gasteiger partial charge on any atom is 0.331 e. The van der Waals surface area contributed by atoms with Crippen LogP contribution in [0.5, 0.6) is 0 Å². The molecule has 25 heavy (non-hydrogen) atoms. The van der Waals surface area contributed by atoms with Gasteiger partial charge in [-0.25, -0.2) is 9.78 Å². The lowest BCUT2D eigenvalue weighted by Gasteiger charge is -2.38. The Balaban J connectivity index is 1.54. The van der Waals surface area contributed by atoms with Gasteiger partial charge in [0.05, 0.1) is 10.2 Å². The predicted octanol–water partition coefficient (Wildman–Crippen LogP) is 3.64. The zero-order valence-corrected chi connectivity index (χ0v) is 15.3. The van der Waals surface area contributed by atoms with Crippen LogP contribution in [0, 0.1) is 0 Å². The zero-order chi connectivity index (χ0) is 17.8. The molecule has 2 aromatic rings. The molecule has 1 amide bonds. The van der Waals surface area contributed by atoms with Crippen molar-refractivity contribution < 1.29 is 14.3 Å². The summed E-state index contributed by atoms with van der Waals surface area (Å²) in [7, 11) is 0. The van der Waals surface area contributed by atoms with Gasteiger partial charge in [0.1, 0.15) is 5.01 Å². The lowest BCUT2D eigenvalue weighted by Crippen LogP contribution is -2.49. The number of nitrogens with zero attached hydrogens (tertiary/aromatic N) is 2. The van der Waals surface area contributed by atoms with Gasteiger partial charge in [-0.05, 0) is 51.3 Å². The molecule has 1 aromatic heterocycles. The number of rotatable bonds is 4. The van der Waals surface area contributed by atoms with Crippen LogP contribution in [-0.4, -0.2) is 40.5 Å². The minimum absolute atomic E-state index is 0.124. The minimum Gasteiger partial charge on any atom is -0.452 e. The van der Waals surface area contributed by atoms with Crippen LogP contribution in [0.1, 0.15) is 38.1 Å². The molecule has 2 atom stereocenters. The molecule has 132 valence electrons. The lowest BCUT2D eigenvalue weighted by atomic mass is 9.97. The molecule has 1 aliphatic heterocycles. The highest BCUT2D eigenvalue weighted by Gasteiger charge is 2.29. The highest BCUT2D eigenvalue weighted by molar-refractivity contribution is 7.19. The van der Waals surface area contributed by atoms with Gasteiger partial charge in [-0.15, -0.1) is 11.3 Å². The van der Waals surface area contributed by atoms with Gasteiger partial charge < -0.3 is 9.64 Å². The van der Waals surface area contributed by atoms with E-state index in [2.05, 4.69) is 4.98 Å². The highest BCUT2D eigenvalue weighted by atomic mass is 32.1. The molecule has 6 heteroatoms. The maximum atomic E-state index is 12.3. The van der Waals surface area contributed by atoms with Crippen LogP contribution in [0.3, 0.4) is 0 Å². The molecule has 0 N–H and O–H groups in total. The molecular weight excluding hydrogens is 336 g/mol. The number of benzene rings is 1. The number of ether oxygens (including phenoxy) is 1. The maximum absolute atomic E-state index is 12.3. The molecule has 1 fully saturated rings. The zero-order valence-electron chi connectivity index (χ0n) is 14.5. The van der Waals surface area contributed by atoms with E-state index in [1.807, 2.05) is 43.0 Å². The summed E-state index contributed by atoms with van der Waals surface area (Å²) in [5, 5.41) is 0.739. The number of esters is 1. The number of aromatic nitrogens is 1. The van der Waals surface area contributed by atoms with E-state index in [1.165, 1.54) is 17.4 Å². The second-order valence-electron chi connectivity index (χ2n) is 6.39. The summed E-state index contributed by atoms with van der Waals surface area (Å²) in [4.78, 5) is 30.5. The molecule has 0 aliphatic carbocycles. The van der Waals surface area contributed by atoms with Crippen LogP contribution in [0.4, 0.5) is 0 Å². The average Bonchev–Trinajstić information content (AvgIpc) is 3.01. The first-order chi connectivity index (χ1) is 12.0. The standard InChI is InChI=1S/C19H22N2O3S/c1-13-6-5-7-14(2)21(13)18(22)12-24-19(23)11-10-17-20-15-8-3-4-9-16(15)25-17/h3-4,8-11,13-14H,5-7,12H2,1-2H3/b11-10+/t13-,14+. The summed E-state index contributed by atoms with van der Waals surface area (Å²) < 4.78 is 6.18. The van der Waals surface area contributed by atoms with E-state index in [-0.39, 0.29) is 24.6 Å². The number of piperidine rings is 1. The van der Waals surface area contributed by atoms with Gasteiger partial charge in [0, 0.05) is 18.2 Å². The molecule has 0 radical (unpaired) electrons. The summed E-state index contributed by atoms with van der Waals surface area (Å²) in [5.74, 6) is -0.647. The molecule has 0 unspecified atom stereocenters. The van der Waals surface area contributed by atoms with E-state index in [0.717, 1.165) is 34.5 Å². The summed E-state index contributed by atoms with van der Waals surface area (Å²) in [6.07, 6.45) is 6.09. The van der Waals surface area contributed by atoms with Crippen molar-refractivity contribution in [1.82, 2.24) is 9.88 Å². The first-order valence-electron chi connectivity index (χ1n) is 8.56. The van der Waals surface area contributed by atoms with Crippen molar-refractivity contribution in [2.24, 2.45) is 0 Å². The van der Waals surface area contributed by atoms with E-state index in [9.17, 15) is 9.59 Å². The van der Waals surface area contributed by atoms with Crippen molar-refractivity contribution in [3.8, 4) is 0 Å². The Labute approximate surface area is 151 Å². The third-order valence-electron chi connectivity index (χ3n) is 4.49. The smallest absolute Gasteiger partial charge is 0.331 e. The topological polar surface area (TPSA) is 59.5 Å². The number of thiazole rings is 1. The van der Waals surface area contributed by atoms with Gasteiger partial charge in [0.15, 0.2) is 6.61 Å². The lowest BCUT2D eigenvalue weighted by molar-refractivity contribution is -0.151. The van der Waals surface area contributed by atoms with Crippen LogP contribution in [0.25, 0.3) is 16.3 Å². The van der Waals surface area contributed by atoms with E-state index in [0.29, 0.717) is 0 Å². The van der Waals surface area contributed by atoms with Crippen molar-refractivity contribution in [1.29, 1.82) is 0 Å². The number of fused-ring (bicyclic) bond motifs is 1. The fourth-order valence-electron chi connectivity index (χ4n) is 3.27. The van der Waals surface area contributed by atoms with Crippen LogP contribution in [0.15, 0.2) is 30.3 Å². The molecule has 3 rings (SSSR count). The number of hydrogen-bond acceptors (Lipinski definition) is 5. The second kappa shape index (κ2) is 7.78. The minimum atomic E-state index is -0.523. The molecule has 1 saturated heterocycles. The normalized spacial score (nSPS) is 21.0. The van der Waals surface area contributed by atoms with Gasteiger partial charge in [0.2, 0.25) is 0 Å². The van der Waals surface area contributed by atoms with Crippen molar-refractivity contribution in [2.75, 3.05) is 6.61 Å². The first kappa shape index (κ1) is 17.6. The SMILES string of the molecule is C[C@@H]1CCC[C@H](C)N1C(=O)COC(=O)/C=C/c1nc2ccccc2s1. The van der Waals surface area contributed by atoms with Crippen molar-refractivity contribution in [2.45, 2.75) is 45.2 Å². The van der Waals surface area contributed by atoms with Gasteiger partial charge in [0.25, 0.3) is 5.91 Å². The molecule has 1 aliphatic rings. The number of hydrogen-bond donors (Lipinski definition) is 0. The number of para-hydroxylation sites is 1. The van der Waals surface area contributed by atoms with Gasteiger partial charge in [-0.2, -0.15) is 0 Å². The van der Waals surface area contributed by atoms with Crippen LogP contribution in [-0.2, 0) is 14.3 Å². The Morgan fingerprint density at radius 2 is 2.00 bits per heavy atom. The summed E-state index contributed by atoms with van der Waals surface area (Å²) in [6.45, 7) is 3.88. The number of amides is 1. The predicted molar refractivity (Wildman–Crippen MR) is 99.2 cm³/mol. The molecule has 2 heterocycles. The Kier molecular flexibility index (Phi) is 5.48. The second-order valence-corrected chi connectivity index (χ2v) is 7.45. The Morgan fingerprint density at radius 1 is 1.28 bits per heavy atom. The number of carbonyl (C=O) groups excluding carboxylic acids is 2. The molecule has 0 bridgehead atoms. The van der Waals surface area contributed by atoms with Crippen LogP contribution >= 0.6 is 11.3 Å². The summed E-state index contributed by atoms with van der Waals surface area (Å²) >= 11 is 1.51. The van der Waals surface area contributed by atoms with Gasteiger partial charge in [-0.3, -0.25) is 4.79 Å². The third-order valence-corrected chi connectivity index (χ3v) is 5.49. The fourth-order valence-corrected chi connectivity index (χ4v) is 4.14. The first-order valence-corrected chi connectivity index (χ1v) is 9.38. The van der Waals surface area contributed by atoms with Gasteiger partial charge >= 0.3 is 5.97 Å². The van der Waals surface area contributed by atoms with E-state index < -0.39 is 5.97 Å². The van der Waals surface area contributed by atoms with Crippen molar-refractivity contribution >= 4 is 39.5 Å². The highest BCUT2D eigenvalue weighted by Crippen LogP contribution is 2.23. The van der Waals surface area contributed by atoms with E-state index in [4.69, 9.17) is 4.74 Å². The van der Waals surface area contributed by atoms with E-state index >= 15 is 0 Å². The monoisotopic (exact) mass is 358 g/mol. The third kappa shape index (κ3) is 4.25. The Morgan fingerprint density at radius 3 is 2.72 bits per heavy atom. The van der Waals surface area contributed by atoms with Crippen LogP contribution in [0.2, 0.25) is 0 Å². The molecular formula is C19H22N2O3S. The van der Waals surface area contributed by atoms with Gasteiger partial charge in [-0.1, -0.05) is 12.1 Å². The molecule has 0 spiro atoms. The number of carbonyl (C=O) groups is 2. The summed E-state index contributed by atoms with van der Waals surface area (Å²) in [6, 6.07) is 8.21. The summed E-state index contributed by atoms with van der Waals surface area (Å²) in [5.41, 5.74) is 0.906. The van der Waals surface area contributed by atoms with Crippen molar-refractivity contribution in [3.05, 3.63) is 35.3 Å². The molecule has 5 nitrogen and oxygen atoms in total. The Bertz CT molecular complexity index is 756. The molecule has 0 saturated carbocycles. The fraction of sp³-hybridized carbons (Fsp3) is 0.421. The quantitative estimate of drug-likeness (QED) is 0.618. The average molecular weight is 358 g/mol. The largest absolute Gasteiger partial charge is 0.452 e. The Hall–Kier alpha value is -2.21. The van der Waals surface area contributed by atoms with Crippen molar-refractivity contribution in [3.63, 3.8) is 0 Å². The number of likely N-dealkylation sites (tertiary alicyclic amines) is 1. The van der Waals surface area contributed by atoms with Crippen LogP contribution < -0.4 is 0 Å². The van der Waals surface area contributed by atoms with E-state index in [1.54, 1.807) is 6.08 Å².